The largest absolute Gasteiger partial charge is 0.368 e. The molecule has 0 atom stereocenters. The summed E-state index contributed by atoms with van der Waals surface area (Å²) in [5, 5.41) is 19.2. The number of fused-ring (bicyclic) bond motifs is 1. The van der Waals surface area contributed by atoms with Gasteiger partial charge in [-0.15, -0.1) is 0 Å². The normalized spacial score (nSPS) is 11.7. The van der Waals surface area contributed by atoms with Crippen LogP contribution < -0.4 is 16.0 Å². The van der Waals surface area contributed by atoms with E-state index in [1.165, 1.54) is 5.56 Å². The topological polar surface area (TPSA) is 92.1 Å². The van der Waals surface area contributed by atoms with Gasteiger partial charge in [-0.1, -0.05) is 0 Å². The molecular formula is C16H22N8S. The first-order valence-corrected chi connectivity index (χ1v) is 9.12. The summed E-state index contributed by atoms with van der Waals surface area (Å²) in [6, 6.07) is 2.09. The molecule has 0 aliphatic rings. The third-order valence-electron chi connectivity index (χ3n) is 3.58. The van der Waals surface area contributed by atoms with Crippen molar-refractivity contribution in [3.05, 3.63) is 34.9 Å². The Morgan fingerprint density at radius 1 is 1.28 bits per heavy atom. The first-order valence-electron chi connectivity index (χ1n) is 8.17. The lowest BCUT2D eigenvalue weighted by Gasteiger charge is -2.12. The number of guanidine groups is 1. The minimum Gasteiger partial charge on any atom is -0.368 e. The first kappa shape index (κ1) is 17.2. The van der Waals surface area contributed by atoms with Crippen molar-refractivity contribution in [1.82, 2.24) is 30.4 Å². The Balaban J connectivity index is 1.52. The number of nitrogens with one attached hydrogen (secondary N) is 3. The third-order valence-corrected chi connectivity index (χ3v) is 4.32. The van der Waals surface area contributed by atoms with Crippen LogP contribution in [0.5, 0.6) is 0 Å². The van der Waals surface area contributed by atoms with Crippen LogP contribution in [-0.4, -0.2) is 45.3 Å². The van der Waals surface area contributed by atoms with Crippen LogP contribution in [-0.2, 0) is 13.6 Å². The number of aliphatic imine (C=N–C) groups is 1. The molecule has 0 aliphatic carbocycles. The Hall–Kier alpha value is -2.68. The molecular weight excluding hydrogens is 336 g/mol. The van der Waals surface area contributed by atoms with Gasteiger partial charge in [0.15, 0.2) is 11.6 Å². The van der Waals surface area contributed by atoms with Gasteiger partial charge in [-0.25, -0.2) is 15.0 Å². The Bertz CT molecular complexity index is 824. The van der Waals surface area contributed by atoms with E-state index < -0.39 is 0 Å². The minimum absolute atomic E-state index is 0.675. The van der Waals surface area contributed by atoms with Gasteiger partial charge in [-0.05, 0) is 29.3 Å². The molecule has 3 heterocycles. The summed E-state index contributed by atoms with van der Waals surface area (Å²) < 4.78 is 1.74. The lowest BCUT2D eigenvalue weighted by atomic mass is 10.3. The van der Waals surface area contributed by atoms with Crippen LogP contribution in [0.4, 0.5) is 5.82 Å². The first-order chi connectivity index (χ1) is 12.3. The highest BCUT2D eigenvalue weighted by Gasteiger charge is 2.07. The summed E-state index contributed by atoms with van der Waals surface area (Å²) in [6.45, 7) is 4.99. The highest BCUT2D eigenvalue weighted by molar-refractivity contribution is 7.07. The molecule has 25 heavy (non-hydrogen) atoms. The molecule has 8 nitrogen and oxygen atoms in total. The van der Waals surface area contributed by atoms with Crippen LogP contribution in [0, 0.1) is 0 Å². The molecule has 0 unspecified atom stereocenters. The van der Waals surface area contributed by atoms with Crippen LogP contribution in [0.25, 0.3) is 11.0 Å². The number of aryl methyl sites for hydroxylation is 1. The Labute approximate surface area is 150 Å². The summed E-state index contributed by atoms with van der Waals surface area (Å²) in [6.07, 6.45) is 3.32. The summed E-state index contributed by atoms with van der Waals surface area (Å²) in [5.74, 6) is 1.60. The lowest BCUT2D eigenvalue weighted by Crippen LogP contribution is -2.39. The van der Waals surface area contributed by atoms with Gasteiger partial charge < -0.3 is 16.0 Å². The average molecular weight is 358 g/mol. The van der Waals surface area contributed by atoms with Crippen LogP contribution in [0.1, 0.15) is 12.5 Å². The number of anilines is 1. The predicted molar refractivity (Wildman–Crippen MR) is 102 cm³/mol. The molecule has 3 rings (SSSR count). The minimum atomic E-state index is 0.675. The Kier molecular flexibility index (Phi) is 5.78. The summed E-state index contributed by atoms with van der Waals surface area (Å²) in [4.78, 5) is 13.1. The molecule has 0 saturated carbocycles. The molecule has 3 aromatic rings. The van der Waals surface area contributed by atoms with Gasteiger partial charge in [-0.3, -0.25) is 4.68 Å². The van der Waals surface area contributed by atoms with Crippen molar-refractivity contribution in [2.24, 2.45) is 12.0 Å². The highest BCUT2D eigenvalue weighted by atomic mass is 32.1. The molecule has 132 valence electrons. The molecule has 0 fully saturated rings. The standard InChI is InChI=1S/C16H22N8S/c1-3-17-16(20-8-12-4-7-25-10-12)19-6-5-18-14-13-9-23-24(2)15(13)22-11-21-14/h4,7,9-11H,3,5-6,8H2,1-2H3,(H2,17,19,20)(H,18,21,22). The second-order valence-electron chi connectivity index (χ2n) is 5.41. The molecule has 3 N–H and O–H groups in total. The van der Waals surface area contributed by atoms with Gasteiger partial charge in [-0.2, -0.15) is 16.4 Å². The fourth-order valence-corrected chi connectivity index (χ4v) is 3.02. The van der Waals surface area contributed by atoms with Crippen LogP contribution >= 0.6 is 11.3 Å². The maximum atomic E-state index is 4.59. The van der Waals surface area contributed by atoms with E-state index in [4.69, 9.17) is 0 Å². The van der Waals surface area contributed by atoms with Crippen molar-refractivity contribution < 1.29 is 0 Å². The summed E-state index contributed by atoms with van der Waals surface area (Å²) in [5.41, 5.74) is 2.04. The van der Waals surface area contributed by atoms with Crippen molar-refractivity contribution in [1.29, 1.82) is 0 Å². The van der Waals surface area contributed by atoms with E-state index in [0.29, 0.717) is 13.1 Å². The zero-order valence-corrected chi connectivity index (χ0v) is 15.2. The van der Waals surface area contributed by atoms with Crippen LogP contribution in [0.15, 0.2) is 34.3 Å². The maximum absolute atomic E-state index is 4.59. The number of hydrogen-bond donors (Lipinski definition) is 3. The van der Waals surface area contributed by atoms with Crippen molar-refractivity contribution in [3.63, 3.8) is 0 Å². The molecule has 0 radical (unpaired) electrons. The number of thiophene rings is 1. The fourth-order valence-electron chi connectivity index (χ4n) is 2.36. The molecule has 0 spiro atoms. The molecule has 0 aliphatic heterocycles. The summed E-state index contributed by atoms with van der Waals surface area (Å²) >= 11 is 1.69. The SMILES string of the molecule is CCNC(=NCc1ccsc1)NCCNc1ncnc2c1cnn2C. The number of rotatable bonds is 7. The quantitative estimate of drug-likeness (QED) is 0.337. The van der Waals surface area contributed by atoms with E-state index >= 15 is 0 Å². The second kappa shape index (κ2) is 8.43. The van der Waals surface area contributed by atoms with Crippen molar-refractivity contribution in [2.45, 2.75) is 13.5 Å². The van der Waals surface area contributed by atoms with Gasteiger partial charge in [0.25, 0.3) is 0 Å². The van der Waals surface area contributed by atoms with Crippen molar-refractivity contribution in [3.8, 4) is 0 Å². The van der Waals surface area contributed by atoms with Gasteiger partial charge in [0.2, 0.25) is 0 Å². The average Bonchev–Trinajstić information content (AvgIpc) is 3.27. The Morgan fingerprint density at radius 2 is 2.20 bits per heavy atom. The van der Waals surface area contributed by atoms with E-state index in [9.17, 15) is 0 Å². The van der Waals surface area contributed by atoms with Crippen LogP contribution in [0.3, 0.4) is 0 Å². The zero-order valence-electron chi connectivity index (χ0n) is 14.4. The van der Waals surface area contributed by atoms with E-state index in [0.717, 1.165) is 35.9 Å². The van der Waals surface area contributed by atoms with Crippen molar-refractivity contribution in [2.75, 3.05) is 25.0 Å². The molecule has 3 aromatic heterocycles. The smallest absolute Gasteiger partial charge is 0.191 e. The van der Waals surface area contributed by atoms with Gasteiger partial charge >= 0.3 is 0 Å². The van der Waals surface area contributed by atoms with Gasteiger partial charge in [0.05, 0.1) is 18.1 Å². The lowest BCUT2D eigenvalue weighted by molar-refractivity contribution is 0.785. The molecule has 0 aromatic carbocycles. The summed E-state index contributed by atoms with van der Waals surface area (Å²) in [7, 11) is 1.87. The maximum Gasteiger partial charge on any atom is 0.191 e. The molecule has 0 bridgehead atoms. The number of aromatic nitrogens is 4. The number of hydrogen-bond acceptors (Lipinski definition) is 6. The third kappa shape index (κ3) is 4.44. The van der Waals surface area contributed by atoms with Crippen LogP contribution in [0.2, 0.25) is 0 Å². The van der Waals surface area contributed by atoms with E-state index in [-0.39, 0.29) is 0 Å². The van der Waals surface area contributed by atoms with E-state index in [1.807, 2.05) is 7.05 Å². The van der Waals surface area contributed by atoms with Gasteiger partial charge in [0.1, 0.15) is 12.1 Å². The zero-order chi connectivity index (χ0) is 17.5. The number of nitrogens with zero attached hydrogens (tertiary/aromatic N) is 5. The fraction of sp³-hybridized carbons (Fsp3) is 0.375. The van der Waals surface area contributed by atoms with Crippen molar-refractivity contribution >= 4 is 34.1 Å². The van der Waals surface area contributed by atoms with Gasteiger partial charge in [0, 0.05) is 26.7 Å². The molecule has 0 saturated heterocycles. The van der Waals surface area contributed by atoms with E-state index in [1.54, 1.807) is 28.5 Å². The monoisotopic (exact) mass is 358 g/mol. The molecule has 9 heteroatoms. The van der Waals surface area contributed by atoms with E-state index in [2.05, 4.69) is 59.8 Å². The second-order valence-corrected chi connectivity index (χ2v) is 6.19. The molecule has 0 amide bonds. The highest BCUT2D eigenvalue weighted by Crippen LogP contribution is 2.17. The predicted octanol–water partition coefficient (Wildman–Crippen LogP) is 1.59. The Morgan fingerprint density at radius 3 is 3.00 bits per heavy atom.